The fraction of sp³-hybridized carbons (Fsp3) is 0.346. The normalized spacial score (nSPS) is 18.0. The van der Waals surface area contributed by atoms with Crippen LogP contribution >= 0.6 is 0 Å². The van der Waals surface area contributed by atoms with E-state index in [0.29, 0.717) is 11.3 Å². The molecule has 7 nitrogen and oxygen atoms in total. The third kappa shape index (κ3) is 3.98. The van der Waals surface area contributed by atoms with Gasteiger partial charge in [0.05, 0.1) is 29.8 Å². The van der Waals surface area contributed by atoms with Crippen molar-refractivity contribution in [1.29, 1.82) is 0 Å². The van der Waals surface area contributed by atoms with E-state index < -0.39 is 0 Å². The van der Waals surface area contributed by atoms with Crippen molar-refractivity contribution in [1.82, 2.24) is 24.2 Å². The molecule has 1 aliphatic rings. The highest BCUT2D eigenvalue weighted by atomic mass is 16.5. The molecule has 4 aromatic rings. The molecule has 7 heteroatoms. The maximum Gasteiger partial charge on any atom is 0.269 e. The summed E-state index contributed by atoms with van der Waals surface area (Å²) in [6.45, 7) is 6.53. The lowest BCUT2D eigenvalue weighted by atomic mass is 10.1. The van der Waals surface area contributed by atoms with Gasteiger partial charge in [0.15, 0.2) is 5.82 Å². The van der Waals surface area contributed by atoms with Gasteiger partial charge >= 0.3 is 0 Å². The second-order valence-corrected chi connectivity index (χ2v) is 8.90. The Balaban J connectivity index is 1.71. The third-order valence-corrected chi connectivity index (χ3v) is 6.50. The number of hydrogen-bond donors (Lipinski definition) is 0. The molecule has 2 aromatic carbocycles. The van der Waals surface area contributed by atoms with Crippen LogP contribution in [0.15, 0.2) is 59.4 Å². The lowest BCUT2D eigenvalue weighted by Crippen LogP contribution is -2.35. The Labute approximate surface area is 193 Å². The van der Waals surface area contributed by atoms with Gasteiger partial charge in [-0.2, -0.15) is 5.10 Å². The van der Waals surface area contributed by atoms with E-state index in [-0.39, 0.29) is 17.7 Å². The Morgan fingerprint density at radius 2 is 1.88 bits per heavy atom. The summed E-state index contributed by atoms with van der Waals surface area (Å²) in [5.74, 6) is 0.749. The minimum Gasteiger partial charge on any atom is -0.371 e. The first kappa shape index (κ1) is 21.6. The zero-order chi connectivity index (χ0) is 23.1. The van der Waals surface area contributed by atoms with Gasteiger partial charge in [-0.15, -0.1) is 0 Å². The number of fused-ring (bicyclic) bond motifs is 1. The van der Waals surface area contributed by atoms with Gasteiger partial charge in [0, 0.05) is 25.7 Å². The Kier molecular flexibility index (Phi) is 5.60. The van der Waals surface area contributed by atoms with Gasteiger partial charge in [0.1, 0.15) is 5.69 Å². The molecule has 0 saturated carbocycles. The molecule has 1 aliphatic heterocycles. The first-order valence-electron chi connectivity index (χ1n) is 11.3. The number of imidazole rings is 1. The summed E-state index contributed by atoms with van der Waals surface area (Å²) in [5, 5.41) is 4.55. The molecule has 2 aromatic heterocycles. The molecule has 2 atom stereocenters. The molecule has 2 unspecified atom stereocenters. The molecule has 5 rings (SSSR count). The molecule has 1 saturated heterocycles. The van der Waals surface area contributed by atoms with Crippen LogP contribution in [0.3, 0.4) is 0 Å². The third-order valence-electron chi connectivity index (χ3n) is 6.50. The maximum atomic E-state index is 12.3. The molecule has 0 aliphatic carbocycles. The van der Waals surface area contributed by atoms with E-state index >= 15 is 0 Å². The average Bonchev–Trinajstić information content (AvgIpc) is 3.21. The molecule has 0 amide bonds. The van der Waals surface area contributed by atoms with Crippen molar-refractivity contribution in [2.24, 2.45) is 7.05 Å². The standard InChI is InChI=1S/C26H29N5O2/c1-17-14-22(28-30(4)26(17)32)25-27-21-11-10-20(24-16-29(3)12-13-33-24)15-23(21)31(25)18(2)19-8-6-5-7-9-19/h5-11,14-15,18,24H,12-13,16H2,1-4H3. The number of hydrogen-bond acceptors (Lipinski definition) is 5. The number of nitrogens with zero attached hydrogens (tertiary/aromatic N) is 5. The van der Waals surface area contributed by atoms with Crippen LogP contribution in [-0.4, -0.2) is 51.0 Å². The van der Waals surface area contributed by atoms with Crippen molar-refractivity contribution in [3.8, 4) is 11.5 Å². The summed E-state index contributed by atoms with van der Waals surface area (Å²) in [7, 11) is 3.81. The minimum atomic E-state index is -0.0987. The van der Waals surface area contributed by atoms with Crippen molar-refractivity contribution < 1.29 is 4.74 Å². The molecule has 3 heterocycles. The van der Waals surface area contributed by atoms with E-state index in [0.717, 1.165) is 42.1 Å². The number of ether oxygens (including phenoxy) is 1. The molecular formula is C26H29N5O2. The van der Waals surface area contributed by atoms with E-state index in [9.17, 15) is 4.79 Å². The molecular weight excluding hydrogens is 414 g/mol. The number of aromatic nitrogens is 4. The fourth-order valence-corrected chi connectivity index (χ4v) is 4.61. The van der Waals surface area contributed by atoms with Gasteiger partial charge < -0.3 is 14.2 Å². The number of likely N-dealkylation sites (N-methyl/N-ethyl adjacent to an activating group) is 1. The summed E-state index contributed by atoms with van der Waals surface area (Å²) < 4.78 is 9.70. The fourth-order valence-electron chi connectivity index (χ4n) is 4.61. The Hall–Kier alpha value is -3.29. The molecule has 1 fully saturated rings. The zero-order valence-corrected chi connectivity index (χ0v) is 19.5. The van der Waals surface area contributed by atoms with Gasteiger partial charge in [0.25, 0.3) is 5.56 Å². The highest BCUT2D eigenvalue weighted by molar-refractivity contribution is 5.81. The van der Waals surface area contributed by atoms with Gasteiger partial charge in [-0.1, -0.05) is 36.4 Å². The molecule has 0 radical (unpaired) electrons. The van der Waals surface area contributed by atoms with Crippen molar-refractivity contribution >= 4 is 11.0 Å². The highest BCUT2D eigenvalue weighted by Gasteiger charge is 2.24. The second kappa shape index (κ2) is 8.57. The average molecular weight is 444 g/mol. The summed E-state index contributed by atoms with van der Waals surface area (Å²) in [4.78, 5) is 19.5. The van der Waals surface area contributed by atoms with Crippen molar-refractivity contribution in [2.75, 3.05) is 26.7 Å². The summed E-state index contributed by atoms with van der Waals surface area (Å²) in [5.41, 5.74) is 5.48. The van der Waals surface area contributed by atoms with Gasteiger partial charge in [0.2, 0.25) is 0 Å². The molecule has 0 spiro atoms. The summed E-state index contributed by atoms with van der Waals surface area (Å²) in [6, 6.07) is 18.6. The zero-order valence-electron chi connectivity index (χ0n) is 19.5. The number of morpholine rings is 1. The minimum absolute atomic E-state index is 0.0238. The van der Waals surface area contributed by atoms with Crippen LogP contribution in [0.4, 0.5) is 0 Å². The Bertz CT molecular complexity index is 1330. The lowest BCUT2D eigenvalue weighted by molar-refractivity contribution is -0.0208. The van der Waals surface area contributed by atoms with Crippen molar-refractivity contribution in [3.63, 3.8) is 0 Å². The molecule has 0 bridgehead atoms. The van der Waals surface area contributed by atoms with Crippen LogP contribution < -0.4 is 5.56 Å². The molecule has 170 valence electrons. The molecule has 33 heavy (non-hydrogen) atoms. The highest BCUT2D eigenvalue weighted by Crippen LogP contribution is 2.33. The van der Waals surface area contributed by atoms with Crippen LogP contribution in [-0.2, 0) is 11.8 Å². The molecule has 0 N–H and O–H groups in total. The Morgan fingerprint density at radius 1 is 1.09 bits per heavy atom. The van der Waals surface area contributed by atoms with E-state index in [1.807, 2.05) is 19.1 Å². The number of benzene rings is 2. The van der Waals surface area contributed by atoms with Crippen molar-refractivity contribution in [2.45, 2.75) is 26.0 Å². The Morgan fingerprint density at radius 3 is 2.61 bits per heavy atom. The quantitative estimate of drug-likeness (QED) is 0.481. The summed E-state index contributed by atoms with van der Waals surface area (Å²) >= 11 is 0. The van der Waals surface area contributed by atoms with E-state index in [1.165, 1.54) is 10.2 Å². The second-order valence-electron chi connectivity index (χ2n) is 8.90. The first-order chi connectivity index (χ1) is 15.9. The largest absolute Gasteiger partial charge is 0.371 e. The van der Waals surface area contributed by atoms with Crippen LogP contribution in [0.5, 0.6) is 0 Å². The van der Waals surface area contributed by atoms with E-state index in [1.54, 1.807) is 7.05 Å². The maximum absolute atomic E-state index is 12.3. The number of rotatable bonds is 4. The van der Waals surface area contributed by atoms with Gasteiger partial charge in [-0.3, -0.25) is 4.79 Å². The predicted octanol–water partition coefficient (Wildman–Crippen LogP) is 3.72. The SMILES string of the molecule is Cc1cc(-c2nc3ccc(C4CN(C)CCO4)cc3n2C(C)c2ccccc2)nn(C)c1=O. The van der Waals surface area contributed by atoms with E-state index in [4.69, 9.17) is 9.72 Å². The summed E-state index contributed by atoms with van der Waals surface area (Å²) in [6.07, 6.45) is 0.0323. The van der Waals surface area contributed by atoms with Crippen LogP contribution in [0.2, 0.25) is 0 Å². The number of aryl methyl sites for hydroxylation is 2. The van der Waals surface area contributed by atoms with Crippen molar-refractivity contribution in [3.05, 3.63) is 81.6 Å². The predicted molar refractivity (Wildman–Crippen MR) is 129 cm³/mol. The first-order valence-corrected chi connectivity index (χ1v) is 11.3. The monoisotopic (exact) mass is 443 g/mol. The topological polar surface area (TPSA) is 65.2 Å². The lowest BCUT2D eigenvalue weighted by Gasteiger charge is -2.30. The van der Waals surface area contributed by atoms with Gasteiger partial charge in [-0.25, -0.2) is 9.67 Å². The smallest absolute Gasteiger partial charge is 0.269 e. The van der Waals surface area contributed by atoms with E-state index in [2.05, 4.69) is 71.0 Å². The van der Waals surface area contributed by atoms with Crippen LogP contribution in [0.25, 0.3) is 22.6 Å². The van der Waals surface area contributed by atoms with Crippen LogP contribution in [0.1, 0.15) is 35.8 Å². The van der Waals surface area contributed by atoms with Gasteiger partial charge in [-0.05, 0) is 50.2 Å². The van der Waals surface area contributed by atoms with Crippen LogP contribution in [0, 0.1) is 6.92 Å².